The van der Waals surface area contributed by atoms with Gasteiger partial charge in [0.25, 0.3) is 0 Å². The van der Waals surface area contributed by atoms with Crippen LogP contribution in [0.5, 0.6) is 0 Å². The zero-order valence-electron chi connectivity index (χ0n) is 9.50. The Morgan fingerprint density at radius 1 is 1.36 bits per heavy atom. The van der Waals surface area contributed by atoms with Gasteiger partial charge in [0.15, 0.2) is 0 Å². The molecule has 82 valence electrons. The van der Waals surface area contributed by atoms with Gasteiger partial charge in [-0.25, -0.2) is 0 Å². The number of hydrogen-bond donors (Lipinski definition) is 1. The molecular formula is C12H23NO. The van der Waals surface area contributed by atoms with Crippen LogP contribution in [0.15, 0.2) is 11.6 Å². The molecule has 2 heteroatoms. The Bertz CT molecular complexity index is 179. The molecule has 0 aromatic rings. The summed E-state index contributed by atoms with van der Waals surface area (Å²) >= 11 is 0. The molecular weight excluding hydrogens is 174 g/mol. The first-order valence-corrected chi connectivity index (χ1v) is 5.72. The molecule has 0 amide bonds. The standard InChI is InChI=1S/C12H23NO/c1-11(2)7-8-13(9-10-14)12-5-3-4-6-12/h7,12,14H,3-6,8-10H2,1-2H3. The van der Waals surface area contributed by atoms with E-state index >= 15 is 0 Å². The Hall–Kier alpha value is -0.340. The van der Waals surface area contributed by atoms with Crippen LogP contribution in [0.4, 0.5) is 0 Å². The van der Waals surface area contributed by atoms with Crippen molar-refractivity contribution in [1.82, 2.24) is 4.90 Å². The third-order valence-electron chi connectivity index (χ3n) is 2.96. The van der Waals surface area contributed by atoms with E-state index in [1.54, 1.807) is 0 Å². The van der Waals surface area contributed by atoms with Gasteiger partial charge in [-0.05, 0) is 26.7 Å². The quantitative estimate of drug-likeness (QED) is 0.683. The molecule has 1 aliphatic rings. The molecule has 1 aliphatic carbocycles. The van der Waals surface area contributed by atoms with Gasteiger partial charge >= 0.3 is 0 Å². The number of nitrogens with zero attached hydrogens (tertiary/aromatic N) is 1. The lowest BCUT2D eigenvalue weighted by molar-refractivity contribution is 0.165. The van der Waals surface area contributed by atoms with Gasteiger partial charge in [-0.2, -0.15) is 0 Å². The minimum Gasteiger partial charge on any atom is -0.395 e. The average molecular weight is 197 g/mol. The summed E-state index contributed by atoms with van der Waals surface area (Å²) in [4.78, 5) is 2.42. The van der Waals surface area contributed by atoms with Gasteiger partial charge in [-0.1, -0.05) is 24.5 Å². The second kappa shape index (κ2) is 6.20. The number of aliphatic hydroxyl groups is 1. The monoisotopic (exact) mass is 197 g/mol. The number of rotatable bonds is 5. The third kappa shape index (κ3) is 3.81. The molecule has 1 rings (SSSR count). The normalized spacial score (nSPS) is 17.7. The predicted octanol–water partition coefficient (Wildman–Crippen LogP) is 2.19. The SMILES string of the molecule is CC(C)=CCN(CCO)C1CCCC1. The van der Waals surface area contributed by atoms with Crippen LogP contribution in [0.25, 0.3) is 0 Å². The van der Waals surface area contributed by atoms with E-state index in [9.17, 15) is 0 Å². The van der Waals surface area contributed by atoms with Crippen molar-refractivity contribution in [1.29, 1.82) is 0 Å². The molecule has 1 fully saturated rings. The predicted molar refractivity (Wildman–Crippen MR) is 60.3 cm³/mol. The lowest BCUT2D eigenvalue weighted by atomic mass is 10.2. The van der Waals surface area contributed by atoms with Crippen molar-refractivity contribution >= 4 is 0 Å². The lowest BCUT2D eigenvalue weighted by Crippen LogP contribution is -2.35. The lowest BCUT2D eigenvalue weighted by Gasteiger charge is -2.26. The summed E-state index contributed by atoms with van der Waals surface area (Å²) in [6.07, 6.45) is 7.62. The van der Waals surface area contributed by atoms with E-state index in [0.717, 1.165) is 19.1 Å². The van der Waals surface area contributed by atoms with E-state index in [0.29, 0.717) is 0 Å². The fourth-order valence-corrected chi connectivity index (χ4v) is 2.12. The third-order valence-corrected chi connectivity index (χ3v) is 2.96. The first-order valence-electron chi connectivity index (χ1n) is 5.72. The van der Waals surface area contributed by atoms with E-state index in [1.165, 1.54) is 31.3 Å². The van der Waals surface area contributed by atoms with Crippen LogP contribution in [0, 0.1) is 0 Å². The van der Waals surface area contributed by atoms with Crippen LogP contribution in [-0.4, -0.2) is 35.7 Å². The second-order valence-corrected chi connectivity index (χ2v) is 4.44. The van der Waals surface area contributed by atoms with Gasteiger partial charge in [-0.3, -0.25) is 4.90 Å². The van der Waals surface area contributed by atoms with Crippen molar-refractivity contribution in [2.24, 2.45) is 0 Å². The van der Waals surface area contributed by atoms with E-state index in [2.05, 4.69) is 24.8 Å². The molecule has 0 saturated heterocycles. The van der Waals surface area contributed by atoms with Gasteiger partial charge in [0.05, 0.1) is 6.61 Å². The maximum Gasteiger partial charge on any atom is 0.0558 e. The van der Waals surface area contributed by atoms with Crippen LogP contribution in [0.3, 0.4) is 0 Å². The Labute approximate surface area is 87.6 Å². The maximum absolute atomic E-state index is 9.00. The highest BCUT2D eigenvalue weighted by Gasteiger charge is 2.20. The highest BCUT2D eigenvalue weighted by atomic mass is 16.3. The first-order chi connectivity index (χ1) is 6.74. The molecule has 0 aromatic carbocycles. The van der Waals surface area contributed by atoms with Gasteiger partial charge in [0.1, 0.15) is 0 Å². The molecule has 0 aromatic heterocycles. The summed E-state index contributed by atoms with van der Waals surface area (Å²) in [5.74, 6) is 0. The Morgan fingerprint density at radius 2 is 2.00 bits per heavy atom. The Kier molecular flexibility index (Phi) is 5.20. The van der Waals surface area contributed by atoms with Crippen molar-refractivity contribution in [3.8, 4) is 0 Å². The largest absolute Gasteiger partial charge is 0.395 e. The average Bonchev–Trinajstić information content (AvgIpc) is 2.64. The minimum absolute atomic E-state index is 0.285. The summed E-state index contributed by atoms with van der Waals surface area (Å²) in [5, 5.41) is 9.00. The van der Waals surface area contributed by atoms with Gasteiger partial charge in [0, 0.05) is 19.1 Å². The molecule has 1 saturated carbocycles. The maximum atomic E-state index is 9.00. The minimum atomic E-state index is 0.285. The molecule has 0 spiro atoms. The van der Waals surface area contributed by atoms with Gasteiger partial charge in [-0.15, -0.1) is 0 Å². The molecule has 1 N–H and O–H groups in total. The van der Waals surface area contributed by atoms with Crippen molar-refractivity contribution in [3.05, 3.63) is 11.6 Å². The smallest absolute Gasteiger partial charge is 0.0558 e. The molecule has 2 nitrogen and oxygen atoms in total. The zero-order valence-corrected chi connectivity index (χ0v) is 9.50. The van der Waals surface area contributed by atoms with Crippen LogP contribution >= 0.6 is 0 Å². The van der Waals surface area contributed by atoms with Crippen molar-refractivity contribution < 1.29 is 5.11 Å². The summed E-state index contributed by atoms with van der Waals surface area (Å²) in [7, 11) is 0. The second-order valence-electron chi connectivity index (χ2n) is 4.44. The molecule has 14 heavy (non-hydrogen) atoms. The highest BCUT2D eigenvalue weighted by molar-refractivity contribution is 4.96. The van der Waals surface area contributed by atoms with Crippen LogP contribution in [-0.2, 0) is 0 Å². The molecule has 0 unspecified atom stereocenters. The Morgan fingerprint density at radius 3 is 2.50 bits per heavy atom. The van der Waals surface area contributed by atoms with E-state index in [-0.39, 0.29) is 6.61 Å². The van der Waals surface area contributed by atoms with Crippen LogP contribution in [0.2, 0.25) is 0 Å². The van der Waals surface area contributed by atoms with Crippen molar-refractivity contribution in [3.63, 3.8) is 0 Å². The first kappa shape index (κ1) is 11.7. The van der Waals surface area contributed by atoms with Crippen molar-refractivity contribution in [2.75, 3.05) is 19.7 Å². The number of allylic oxidation sites excluding steroid dienone is 1. The van der Waals surface area contributed by atoms with E-state index < -0.39 is 0 Å². The van der Waals surface area contributed by atoms with E-state index in [4.69, 9.17) is 5.11 Å². The number of aliphatic hydroxyl groups excluding tert-OH is 1. The summed E-state index contributed by atoms with van der Waals surface area (Å²) < 4.78 is 0. The van der Waals surface area contributed by atoms with Gasteiger partial charge < -0.3 is 5.11 Å². The fourth-order valence-electron chi connectivity index (χ4n) is 2.12. The van der Waals surface area contributed by atoms with Crippen LogP contribution in [0.1, 0.15) is 39.5 Å². The molecule has 0 atom stereocenters. The summed E-state index contributed by atoms with van der Waals surface area (Å²) in [6.45, 7) is 6.38. The Balaban J connectivity index is 2.41. The number of hydrogen-bond acceptors (Lipinski definition) is 2. The summed E-state index contributed by atoms with van der Waals surface area (Å²) in [5.41, 5.74) is 1.37. The van der Waals surface area contributed by atoms with Crippen molar-refractivity contribution in [2.45, 2.75) is 45.6 Å². The fraction of sp³-hybridized carbons (Fsp3) is 0.833. The van der Waals surface area contributed by atoms with Crippen LogP contribution < -0.4 is 0 Å². The molecule has 0 aliphatic heterocycles. The topological polar surface area (TPSA) is 23.5 Å². The zero-order chi connectivity index (χ0) is 10.4. The highest BCUT2D eigenvalue weighted by Crippen LogP contribution is 2.23. The summed E-state index contributed by atoms with van der Waals surface area (Å²) in [6, 6.07) is 0.720. The van der Waals surface area contributed by atoms with E-state index in [1.807, 2.05) is 0 Å². The molecule has 0 heterocycles. The molecule has 0 bridgehead atoms. The van der Waals surface area contributed by atoms with Gasteiger partial charge in [0.2, 0.25) is 0 Å². The molecule has 0 radical (unpaired) electrons.